The first-order valence-corrected chi connectivity index (χ1v) is 13.6. The molecule has 0 aromatic heterocycles. The molecular formula is C29H36N2O6S. The van der Waals surface area contributed by atoms with Crippen LogP contribution in [0.2, 0.25) is 0 Å². The monoisotopic (exact) mass is 540 g/mol. The molecule has 204 valence electrons. The van der Waals surface area contributed by atoms with E-state index in [1.54, 1.807) is 33.1 Å². The summed E-state index contributed by atoms with van der Waals surface area (Å²) < 4.78 is 10.4. The van der Waals surface area contributed by atoms with Crippen LogP contribution in [0, 0.1) is 5.92 Å². The topological polar surface area (TPSA) is 105 Å². The minimum absolute atomic E-state index is 0.0604. The van der Waals surface area contributed by atoms with E-state index in [1.807, 2.05) is 61.7 Å². The molecule has 0 aliphatic carbocycles. The number of nitrogens with zero attached hydrogens (tertiary/aromatic N) is 1. The lowest BCUT2D eigenvalue weighted by Gasteiger charge is -2.34. The van der Waals surface area contributed by atoms with Crippen LogP contribution in [0.4, 0.5) is 0 Å². The summed E-state index contributed by atoms with van der Waals surface area (Å²) in [7, 11) is 1.58. The van der Waals surface area contributed by atoms with Crippen molar-refractivity contribution in [3.63, 3.8) is 0 Å². The number of thioether (sulfide) groups is 1. The van der Waals surface area contributed by atoms with Crippen LogP contribution in [-0.4, -0.2) is 64.9 Å². The first kappa shape index (κ1) is 29.3. The molecular weight excluding hydrogens is 504 g/mol. The van der Waals surface area contributed by atoms with E-state index in [0.717, 1.165) is 11.1 Å². The van der Waals surface area contributed by atoms with Crippen LogP contribution in [0.25, 0.3) is 5.70 Å². The van der Waals surface area contributed by atoms with Crippen LogP contribution >= 0.6 is 11.8 Å². The van der Waals surface area contributed by atoms with Crippen molar-refractivity contribution in [2.75, 3.05) is 13.7 Å². The number of hydrogen-bond donors (Lipinski definition) is 2. The zero-order valence-electron chi connectivity index (χ0n) is 22.4. The van der Waals surface area contributed by atoms with Gasteiger partial charge in [-0.2, -0.15) is 0 Å². The van der Waals surface area contributed by atoms with Gasteiger partial charge in [-0.15, -0.1) is 11.8 Å². The van der Waals surface area contributed by atoms with E-state index < -0.39 is 30.1 Å². The van der Waals surface area contributed by atoms with Crippen molar-refractivity contribution in [1.82, 2.24) is 10.2 Å². The highest BCUT2D eigenvalue weighted by atomic mass is 32.2. The Labute approximate surface area is 228 Å². The lowest BCUT2D eigenvalue weighted by atomic mass is 10.0. The first-order valence-electron chi connectivity index (χ1n) is 12.6. The molecule has 0 fully saturated rings. The Morgan fingerprint density at radius 3 is 2.29 bits per heavy atom. The highest BCUT2D eigenvalue weighted by Gasteiger charge is 2.36. The van der Waals surface area contributed by atoms with E-state index in [2.05, 4.69) is 5.32 Å². The minimum Gasteiger partial charge on any atom is -0.497 e. The fourth-order valence-corrected chi connectivity index (χ4v) is 5.19. The molecule has 0 saturated heterocycles. The third-order valence-electron chi connectivity index (χ3n) is 6.04. The molecule has 8 nitrogen and oxygen atoms in total. The molecule has 0 spiro atoms. The summed E-state index contributed by atoms with van der Waals surface area (Å²) in [4.78, 5) is 40.8. The van der Waals surface area contributed by atoms with Gasteiger partial charge in [-0.05, 0) is 67.0 Å². The van der Waals surface area contributed by atoms with Gasteiger partial charge in [0.15, 0.2) is 6.10 Å². The number of esters is 1. The lowest BCUT2D eigenvalue weighted by Crippen LogP contribution is -2.53. The minimum atomic E-state index is -1.57. The largest absolute Gasteiger partial charge is 0.497 e. The van der Waals surface area contributed by atoms with Gasteiger partial charge >= 0.3 is 5.97 Å². The summed E-state index contributed by atoms with van der Waals surface area (Å²) in [6.07, 6.45) is -1.78. The average Bonchev–Trinajstić information content (AvgIpc) is 2.89. The molecule has 2 amide bonds. The number of carbonyl (C=O) groups is 3. The molecule has 38 heavy (non-hydrogen) atoms. The van der Waals surface area contributed by atoms with E-state index >= 15 is 0 Å². The van der Waals surface area contributed by atoms with Crippen molar-refractivity contribution < 1.29 is 29.0 Å². The highest BCUT2D eigenvalue weighted by molar-refractivity contribution is 8.03. The molecule has 0 bridgehead atoms. The number of aliphatic hydroxyl groups excluding tert-OH is 1. The molecule has 3 rings (SSSR count). The average molecular weight is 541 g/mol. The molecule has 3 atom stereocenters. The molecule has 2 aromatic rings. The van der Waals surface area contributed by atoms with Crippen molar-refractivity contribution in [3.05, 3.63) is 71.1 Å². The van der Waals surface area contributed by atoms with Gasteiger partial charge in [-0.3, -0.25) is 9.59 Å². The summed E-state index contributed by atoms with van der Waals surface area (Å²) in [6.45, 7) is 7.04. The number of carbonyl (C=O) groups excluding carboxylic acids is 3. The molecule has 2 N–H and O–H groups in total. The van der Waals surface area contributed by atoms with Gasteiger partial charge in [0.25, 0.3) is 0 Å². The normalized spacial score (nSPS) is 17.2. The number of aliphatic hydroxyl groups is 1. The molecule has 1 heterocycles. The molecule has 1 aliphatic rings. The molecule has 0 radical (unpaired) electrons. The predicted molar refractivity (Wildman–Crippen MR) is 148 cm³/mol. The van der Waals surface area contributed by atoms with Gasteiger partial charge in [0.05, 0.1) is 30.2 Å². The third kappa shape index (κ3) is 7.61. The van der Waals surface area contributed by atoms with Crippen LogP contribution in [0.3, 0.4) is 0 Å². The second-order valence-corrected chi connectivity index (χ2v) is 10.8. The second kappa shape index (κ2) is 13.5. The van der Waals surface area contributed by atoms with Crippen LogP contribution < -0.4 is 10.1 Å². The van der Waals surface area contributed by atoms with E-state index in [0.29, 0.717) is 11.4 Å². The second-order valence-electron chi connectivity index (χ2n) is 9.75. The lowest BCUT2D eigenvalue weighted by molar-refractivity contribution is -0.159. The standard InChI is InChI=1S/C29H36N2O6S/c1-18(2)27-28(34)31(24(17-38-27)21-11-13-22(36-5)14-12-21)16-25(32)30-23(15-20-9-7-6-8-10-20)26(33)29(35)37-19(3)4/h6-14,17-19,23,26-27,33H,15-16H2,1-5H3,(H,30,32)/t23-,26?,27?/m0/s1. The van der Waals surface area contributed by atoms with Crippen LogP contribution in [0.5, 0.6) is 5.75 Å². The van der Waals surface area contributed by atoms with Crippen molar-refractivity contribution in [2.24, 2.45) is 5.92 Å². The summed E-state index contributed by atoms with van der Waals surface area (Å²) in [5.74, 6) is -0.743. The number of methoxy groups -OCH3 is 1. The molecule has 9 heteroatoms. The van der Waals surface area contributed by atoms with Gasteiger partial charge in [0.2, 0.25) is 11.8 Å². The van der Waals surface area contributed by atoms with Crippen molar-refractivity contribution in [1.29, 1.82) is 0 Å². The van der Waals surface area contributed by atoms with Gasteiger partial charge in [0, 0.05) is 0 Å². The maximum Gasteiger partial charge on any atom is 0.337 e. The van der Waals surface area contributed by atoms with Crippen molar-refractivity contribution in [3.8, 4) is 5.75 Å². The number of hydrogen-bond acceptors (Lipinski definition) is 7. The van der Waals surface area contributed by atoms with Gasteiger partial charge in [-0.25, -0.2) is 4.79 Å². The van der Waals surface area contributed by atoms with Crippen LogP contribution in [0.15, 0.2) is 60.0 Å². The first-order chi connectivity index (χ1) is 18.1. The Morgan fingerprint density at radius 2 is 1.71 bits per heavy atom. The summed E-state index contributed by atoms with van der Waals surface area (Å²) in [6, 6.07) is 15.6. The fraction of sp³-hybridized carbons (Fsp3) is 0.414. The van der Waals surface area contributed by atoms with Gasteiger partial charge < -0.3 is 24.8 Å². The number of ether oxygens (including phenoxy) is 2. The maximum absolute atomic E-state index is 13.5. The van der Waals surface area contributed by atoms with Crippen LogP contribution in [0.1, 0.15) is 38.8 Å². The summed E-state index contributed by atoms with van der Waals surface area (Å²) in [5.41, 5.74) is 2.20. The molecule has 0 saturated carbocycles. The van der Waals surface area contributed by atoms with E-state index in [4.69, 9.17) is 9.47 Å². The quantitative estimate of drug-likeness (QED) is 0.420. The Kier molecular flexibility index (Phi) is 10.4. The Bertz CT molecular complexity index is 1130. The Hall–Kier alpha value is -3.30. The summed E-state index contributed by atoms with van der Waals surface area (Å²) >= 11 is 1.44. The molecule has 2 aromatic carbocycles. The highest BCUT2D eigenvalue weighted by Crippen LogP contribution is 2.35. The number of nitrogens with one attached hydrogen (secondary N) is 1. The van der Waals surface area contributed by atoms with Gasteiger partial charge in [0.1, 0.15) is 12.3 Å². The smallest absolute Gasteiger partial charge is 0.337 e. The zero-order chi connectivity index (χ0) is 27.8. The van der Waals surface area contributed by atoms with E-state index in [-0.39, 0.29) is 30.0 Å². The molecule has 2 unspecified atom stereocenters. The maximum atomic E-state index is 13.5. The fourth-order valence-electron chi connectivity index (χ4n) is 4.09. The third-order valence-corrected chi connectivity index (χ3v) is 7.44. The Morgan fingerprint density at radius 1 is 1.05 bits per heavy atom. The summed E-state index contributed by atoms with van der Waals surface area (Å²) in [5, 5.41) is 15.1. The van der Waals surface area contributed by atoms with E-state index in [1.165, 1.54) is 16.7 Å². The predicted octanol–water partition coefficient (Wildman–Crippen LogP) is 3.63. The molecule has 1 aliphatic heterocycles. The van der Waals surface area contributed by atoms with E-state index in [9.17, 15) is 19.5 Å². The SMILES string of the molecule is COc1ccc(C2=CSC(C(C)C)C(=O)N2CC(=O)N[C@@H](Cc2ccccc2)C(O)C(=O)OC(C)C)cc1. The number of benzene rings is 2. The van der Waals surface area contributed by atoms with Crippen LogP contribution in [-0.2, 0) is 25.5 Å². The van der Waals surface area contributed by atoms with Crippen molar-refractivity contribution in [2.45, 2.75) is 57.6 Å². The number of amides is 2. The Balaban J connectivity index is 1.84. The number of rotatable bonds is 11. The van der Waals surface area contributed by atoms with Gasteiger partial charge in [-0.1, -0.05) is 44.2 Å². The zero-order valence-corrected chi connectivity index (χ0v) is 23.2. The van der Waals surface area contributed by atoms with Crippen molar-refractivity contribution >= 4 is 35.2 Å².